The Bertz CT molecular complexity index is 694. The summed E-state index contributed by atoms with van der Waals surface area (Å²) >= 11 is 11.8. The van der Waals surface area contributed by atoms with Crippen LogP contribution in [0.25, 0.3) is 0 Å². The van der Waals surface area contributed by atoms with Gasteiger partial charge in [-0.25, -0.2) is 4.39 Å². The first-order chi connectivity index (χ1) is 10.9. The number of nitrogens with two attached hydrogens (primary N) is 1. The predicted molar refractivity (Wildman–Crippen MR) is 91.3 cm³/mol. The lowest BCUT2D eigenvalue weighted by atomic mass is 10.1. The molecule has 2 rings (SSSR count). The van der Waals surface area contributed by atoms with Gasteiger partial charge in [0.05, 0.1) is 10.0 Å². The fraction of sp³-hybridized carbons (Fsp3) is 0.235. The van der Waals surface area contributed by atoms with Crippen LogP contribution >= 0.6 is 23.2 Å². The molecule has 0 unspecified atom stereocenters. The maximum absolute atomic E-state index is 13.6. The predicted octanol–water partition coefficient (Wildman–Crippen LogP) is 3.78. The maximum Gasteiger partial charge on any atom is 0.282 e. The molecular formula is C17H18Cl2FN2O+. The summed E-state index contributed by atoms with van der Waals surface area (Å²) in [5.74, 6) is -0.652. The molecule has 0 aliphatic rings. The Kier molecular flexibility index (Phi) is 5.99. The highest BCUT2D eigenvalue weighted by Gasteiger charge is 2.22. The fourth-order valence-corrected chi connectivity index (χ4v) is 2.84. The van der Waals surface area contributed by atoms with Crippen molar-refractivity contribution in [3.63, 3.8) is 0 Å². The third kappa shape index (κ3) is 4.67. The van der Waals surface area contributed by atoms with Gasteiger partial charge in [0.15, 0.2) is 6.04 Å². The first-order valence-corrected chi connectivity index (χ1v) is 7.99. The zero-order chi connectivity index (χ0) is 17.0. The Morgan fingerprint density at radius 2 is 1.78 bits per heavy atom. The average molecular weight is 356 g/mol. The van der Waals surface area contributed by atoms with Crippen LogP contribution in [-0.4, -0.2) is 11.9 Å². The first-order valence-electron chi connectivity index (χ1n) is 7.24. The smallest absolute Gasteiger partial charge is 0.282 e. The Morgan fingerprint density at radius 1 is 1.13 bits per heavy atom. The van der Waals surface area contributed by atoms with Crippen LogP contribution in [0.5, 0.6) is 0 Å². The number of hydrogen-bond donors (Lipinski definition) is 2. The number of benzene rings is 2. The second kappa shape index (κ2) is 7.77. The van der Waals surface area contributed by atoms with Gasteiger partial charge in [0, 0.05) is 11.3 Å². The van der Waals surface area contributed by atoms with Crippen LogP contribution in [0.15, 0.2) is 42.5 Å². The minimum absolute atomic E-state index is 0.0131. The number of halogens is 3. The summed E-state index contributed by atoms with van der Waals surface area (Å²) in [6.45, 7) is 3.65. The van der Waals surface area contributed by atoms with Gasteiger partial charge in [-0.05, 0) is 38.1 Å². The summed E-state index contributed by atoms with van der Waals surface area (Å²) < 4.78 is 13.6. The van der Waals surface area contributed by atoms with Gasteiger partial charge in [-0.3, -0.25) is 4.79 Å². The zero-order valence-electron chi connectivity index (χ0n) is 12.8. The third-order valence-electron chi connectivity index (χ3n) is 3.56. The van der Waals surface area contributed by atoms with Gasteiger partial charge in [0.25, 0.3) is 5.91 Å². The number of quaternary nitrogens is 1. The van der Waals surface area contributed by atoms with E-state index in [-0.39, 0.29) is 23.0 Å². The largest absolute Gasteiger partial charge is 0.330 e. The molecule has 2 aromatic carbocycles. The number of anilines is 1. The van der Waals surface area contributed by atoms with Gasteiger partial charge in [0.2, 0.25) is 0 Å². The van der Waals surface area contributed by atoms with Crippen LogP contribution in [0.1, 0.15) is 25.5 Å². The Labute approximate surface area is 144 Å². The molecule has 0 saturated heterocycles. The monoisotopic (exact) mass is 355 g/mol. The number of hydrogen-bond acceptors (Lipinski definition) is 1. The highest BCUT2D eigenvalue weighted by atomic mass is 35.5. The Hall–Kier alpha value is -1.62. The molecule has 0 heterocycles. The van der Waals surface area contributed by atoms with Crippen LogP contribution in [0.2, 0.25) is 10.0 Å². The van der Waals surface area contributed by atoms with Crippen molar-refractivity contribution in [3.8, 4) is 0 Å². The van der Waals surface area contributed by atoms with E-state index in [1.807, 2.05) is 42.6 Å². The van der Waals surface area contributed by atoms with Gasteiger partial charge in [0.1, 0.15) is 11.9 Å². The van der Waals surface area contributed by atoms with Gasteiger partial charge in [-0.2, -0.15) is 0 Å². The summed E-state index contributed by atoms with van der Waals surface area (Å²) in [5.41, 5.74) is 1.34. The van der Waals surface area contributed by atoms with E-state index in [1.54, 1.807) is 6.92 Å². The molecule has 122 valence electrons. The molecule has 0 saturated carbocycles. The van der Waals surface area contributed by atoms with E-state index in [1.165, 1.54) is 12.1 Å². The molecule has 2 aromatic rings. The van der Waals surface area contributed by atoms with Gasteiger partial charge < -0.3 is 10.6 Å². The summed E-state index contributed by atoms with van der Waals surface area (Å²) in [5, 5.41) is 5.03. The topological polar surface area (TPSA) is 45.7 Å². The molecule has 0 radical (unpaired) electrons. The van der Waals surface area contributed by atoms with Crippen LogP contribution in [0.3, 0.4) is 0 Å². The molecule has 0 fully saturated rings. The molecule has 0 spiro atoms. The van der Waals surface area contributed by atoms with Gasteiger partial charge in [-0.15, -0.1) is 0 Å². The summed E-state index contributed by atoms with van der Waals surface area (Å²) in [6, 6.07) is 11.4. The second-order valence-corrected chi connectivity index (χ2v) is 6.23. The second-order valence-electron chi connectivity index (χ2n) is 5.41. The highest BCUT2D eigenvalue weighted by molar-refractivity contribution is 6.35. The van der Waals surface area contributed by atoms with Crippen LogP contribution in [0, 0.1) is 5.82 Å². The van der Waals surface area contributed by atoms with E-state index in [0.717, 1.165) is 5.69 Å². The molecule has 6 heteroatoms. The summed E-state index contributed by atoms with van der Waals surface area (Å²) in [7, 11) is 0. The van der Waals surface area contributed by atoms with Crippen LogP contribution in [-0.2, 0) is 4.79 Å². The number of carbonyl (C=O) groups excluding carboxylic acids is 1. The molecule has 0 bridgehead atoms. The summed E-state index contributed by atoms with van der Waals surface area (Å²) in [4.78, 5) is 12.2. The van der Waals surface area contributed by atoms with Crippen molar-refractivity contribution in [2.75, 3.05) is 5.32 Å². The number of rotatable bonds is 5. The first kappa shape index (κ1) is 17.7. The van der Waals surface area contributed by atoms with E-state index >= 15 is 0 Å². The average Bonchev–Trinajstić information content (AvgIpc) is 2.51. The molecule has 3 N–H and O–H groups in total. The fourth-order valence-electron chi connectivity index (χ4n) is 2.29. The number of carbonyl (C=O) groups is 1. The normalized spacial score (nSPS) is 13.4. The van der Waals surface area contributed by atoms with E-state index in [4.69, 9.17) is 23.2 Å². The molecule has 0 aliphatic carbocycles. The van der Waals surface area contributed by atoms with E-state index in [2.05, 4.69) is 5.32 Å². The van der Waals surface area contributed by atoms with E-state index in [9.17, 15) is 9.18 Å². The molecule has 2 atom stereocenters. The molecular weight excluding hydrogens is 338 g/mol. The minimum atomic E-state index is -0.521. The zero-order valence-corrected chi connectivity index (χ0v) is 14.3. The van der Waals surface area contributed by atoms with Crippen molar-refractivity contribution in [2.24, 2.45) is 0 Å². The lowest BCUT2D eigenvalue weighted by Gasteiger charge is -2.18. The third-order valence-corrected chi connectivity index (χ3v) is 4.18. The quantitative estimate of drug-likeness (QED) is 0.787. The number of amides is 1. The van der Waals surface area contributed by atoms with Crippen LogP contribution < -0.4 is 10.6 Å². The lowest BCUT2D eigenvalue weighted by Crippen LogP contribution is -2.91. The van der Waals surface area contributed by atoms with Crippen molar-refractivity contribution < 1.29 is 14.5 Å². The van der Waals surface area contributed by atoms with E-state index in [0.29, 0.717) is 10.6 Å². The van der Waals surface area contributed by atoms with Crippen molar-refractivity contribution >= 4 is 34.8 Å². The summed E-state index contributed by atoms with van der Waals surface area (Å²) in [6.07, 6.45) is 0. The lowest BCUT2D eigenvalue weighted by molar-refractivity contribution is -0.709. The van der Waals surface area contributed by atoms with Gasteiger partial charge in [-0.1, -0.05) is 41.4 Å². The van der Waals surface area contributed by atoms with Crippen molar-refractivity contribution in [1.82, 2.24) is 0 Å². The van der Waals surface area contributed by atoms with Gasteiger partial charge >= 0.3 is 0 Å². The SMILES string of the molecule is C[C@H]([NH2+][C@H](C)c1cc(F)c(Cl)cc1Cl)C(=O)Nc1ccccc1. The maximum atomic E-state index is 13.6. The van der Waals surface area contributed by atoms with Crippen molar-refractivity contribution in [3.05, 3.63) is 63.9 Å². The standard InChI is InChI=1S/C17H17Cl2FN2O/c1-10(13-8-16(20)15(19)9-14(13)18)21-11(2)17(23)22-12-6-4-3-5-7-12/h3-11,21H,1-2H3,(H,22,23)/p+1/t10-,11+/m1/s1. The Balaban J connectivity index is 2.03. The number of nitrogens with one attached hydrogen (secondary N) is 1. The molecule has 1 amide bonds. The van der Waals surface area contributed by atoms with E-state index < -0.39 is 5.82 Å². The molecule has 0 aromatic heterocycles. The molecule has 23 heavy (non-hydrogen) atoms. The number of para-hydroxylation sites is 1. The minimum Gasteiger partial charge on any atom is -0.330 e. The van der Waals surface area contributed by atoms with Crippen molar-refractivity contribution in [1.29, 1.82) is 0 Å². The van der Waals surface area contributed by atoms with Crippen molar-refractivity contribution in [2.45, 2.75) is 25.9 Å². The molecule has 0 aliphatic heterocycles. The highest BCUT2D eigenvalue weighted by Crippen LogP contribution is 2.27. The Morgan fingerprint density at radius 3 is 2.43 bits per heavy atom. The molecule has 3 nitrogen and oxygen atoms in total. The van der Waals surface area contributed by atoms with Crippen LogP contribution in [0.4, 0.5) is 10.1 Å².